The third kappa shape index (κ3) is 2.55. The molecule has 0 atom stereocenters. The van der Waals surface area contributed by atoms with Crippen LogP contribution in [0.3, 0.4) is 0 Å². The van der Waals surface area contributed by atoms with Crippen molar-refractivity contribution >= 4 is 49.7 Å². The lowest BCUT2D eigenvalue weighted by molar-refractivity contribution is 0.601. The zero-order valence-electron chi connectivity index (χ0n) is 12.5. The second kappa shape index (κ2) is 5.66. The molecule has 4 rings (SSSR count). The van der Waals surface area contributed by atoms with Crippen LogP contribution in [0.5, 0.6) is 0 Å². The largest absolute Gasteiger partial charge is 0.279 e. The molecule has 0 saturated carbocycles. The molecule has 0 aliphatic heterocycles. The molecule has 0 aromatic heterocycles. The highest BCUT2D eigenvalue weighted by Gasteiger charge is 2.21. The summed E-state index contributed by atoms with van der Waals surface area (Å²) in [4.78, 5) is -0.0279. The molecule has 3 aromatic carbocycles. The summed E-state index contributed by atoms with van der Waals surface area (Å²) in [5.74, 6) is 0. The molecule has 24 heavy (non-hydrogen) atoms. The molecule has 0 heterocycles. The van der Waals surface area contributed by atoms with Crippen molar-refractivity contribution in [3.8, 4) is 0 Å². The molecule has 3 aromatic rings. The Hall–Kier alpha value is -1.75. The number of hydrogen-bond donors (Lipinski definition) is 1. The monoisotopic (exact) mass is 377 g/mol. The van der Waals surface area contributed by atoms with Gasteiger partial charge in [-0.05, 0) is 53.6 Å². The Morgan fingerprint density at radius 2 is 1.67 bits per heavy atom. The predicted octanol–water partition coefficient (Wildman–Crippen LogP) is 5.05. The highest BCUT2D eigenvalue weighted by molar-refractivity contribution is 7.92. The zero-order valence-corrected chi connectivity index (χ0v) is 14.8. The Balaban J connectivity index is 1.84. The van der Waals surface area contributed by atoms with Gasteiger partial charge in [-0.2, -0.15) is 0 Å². The van der Waals surface area contributed by atoms with Crippen LogP contribution in [-0.2, 0) is 22.9 Å². The standard InChI is InChI=1S/C18H13Cl2NO2S/c19-13-7-8-15(20)17(10-13)24(22,23)21-16-9-6-12-5-4-11-2-1-3-14(16)18(11)12/h1-3,6-10,21H,4-5H2. The van der Waals surface area contributed by atoms with Gasteiger partial charge in [-0.3, -0.25) is 4.72 Å². The summed E-state index contributed by atoms with van der Waals surface area (Å²) in [5.41, 5.74) is 3.06. The van der Waals surface area contributed by atoms with Crippen molar-refractivity contribution in [2.45, 2.75) is 17.7 Å². The van der Waals surface area contributed by atoms with Crippen LogP contribution < -0.4 is 4.72 Å². The van der Waals surface area contributed by atoms with E-state index in [9.17, 15) is 8.42 Å². The molecule has 0 unspecified atom stereocenters. The first kappa shape index (κ1) is 15.8. The van der Waals surface area contributed by atoms with Crippen LogP contribution in [0, 0.1) is 0 Å². The summed E-state index contributed by atoms with van der Waals surface area (Å²) in [6.07, 6.45) is 1.98. The van der Waals surface area contributed by atoms with Crippen LogP contribution in [0.15, 0.2) is 53.4 Å². The van der Waals surface area contributed by atoms with Crippen molar-refractivity contribution in [1.29, 1.82) is 0 Å². The molecule has 0 amide bonds. The quantitative estimate of drug-likeness (QED) is 0.694. The van der Waals surface area contributed by atoms with Gasteiger partial charge >= 0.3 is 0 Å². The van der Waals surface area contributed by atoms with Gasteiger partial charge in [0, 0.05) is 10.4 Å². The smallest absolute Gasteiger partial charge is 0.263 e. The first-order valence-electron chi connectivity index (χ1n) is 7.47. The number of anilines is 1. The number of halogens is 2. The fourth-order valence-electron chi connectivity index (χ4n) is 3.22. The minimum atomic E-state index is -3.83. The van der Waals surface area contributed by atoms with Crippen molar-refractivity contribution in [2.75, 3.05) is 4.72 Å². The number of benzene rings is 3. The number of hydrogen-bond acceptors (Lipinski definition) is 2. The van der Waals surface area contributed by atoms with Crippen LogP contribution in [0.1, 0.15) is 11.1 Å². The van der Waals surface area contributed by atoms with Gasteiger partial charge in [0.25, 0.3) is 10.0 Å². The van der Waals surface area contributed by atoms with Crippen molar-refractivity contribution in [3.63, 3.8) is 0 Å². The first-order chi connectivity index (χ1) is 11.5. The van der Waals surface area contributed by atoms with E-state index in [1.54, 1.807) is 6.07 Å². The predicted molar refractivity (Wildman–Crippen MR) is 98.6 cm³/mol. The maximum atomic E-state index is 12.7. The van der Waals surface area contributed by atoms with Gasteiger partial charge in [0.2, 0.25) is 0 Å². The molecule has 0 radical (unpaired) electrons. The Morgan fingerprint density at radius 1 is 0.917 bits per heavy atom. The Bertz CT molecular complexity index is 1070. The number of aryl methyl sites for hydroxylation is 2. The maximum Gasteiger partial charge on any atom is 0.263 e. The molecule has 0 fully saturated rings. The molecule has 0 saturated heterocycles. The topological polar surface area (TPSA) is 46.2 Å². The molecular formula is C18H13Cl2NO2S. The summed E-state index contributed by atoms with van der Waals surface area (Å²) in [5, 5.41) is 2.51. The fraction of sp³-hybridized carbons (Fsp3) is 0.111. The Labute approximate surface area is 150 Å². The summed E-state index contributed by atoms with van der Waals surface area (Å²) >= 11 is 12.0. The van der Waals surface area contributed by atoms with E-state index in [2.05, 4.69) is 10.8 Å². The lowest BCUT2D eigenvalue weighted by Gasteiger charge is -2.13. The summed E-state index contributed by atoms with van der Waals surface area (Å²) in [7, 11) is -3.83. The second-order valence-electron chi connectivity index (χ2n) is 5.79. The molecular weight excluding hydrogens is 365 g/mol. The van der Waals surface area contributed by atoms with E-state index in [4.69, 9.17) is 23.2 Å². The summed E-state index contributed by atoms with van der Waals surface area (Å²) < 4.78 is 28.2. The molecule has 6 heteroatoms. The summed E-state index contributed by atoms with van der Waals surface area (Å²) in [6.45, 7) is 0. The van der Waals surface area contributed by atoms with Crippen molar-refractivity contribution in [2.24, 2.45) is 0 Å². The third-order valence-electron chi connectivity index (χ3n) is 4.30. The van der Waals surface area contributed by atoms with Crippen molar-refractivity contribution < 1.29 is 8.42 Å². The summed E-state index contributed by atoms with van der Waals surface area (Å²) in [6, 6.07) is 14.2. The molecule has 1 aliphatic carbocycles. The van der Waals surface area contributed by atoms with Crippen LogP contribution in [-0.4, -0.2) is 8.42 Å². The minimum Gasteiger partial charge on any atom is -0.279 e. The van der Waals surface area contributed by atoms with Gasteiger partial charge in [0.1, 0.15) is 4.90 Å². The lowest BCUT2D eigenvalue weighted by atomic mass is 10.0. The minimum absolute atomic E-state index is 0.0279. The second-order valence-corrected chi connectivity index (χ2v) is 8.29. The number of nitrogens with one attached hydrogen (secondary N) is 1. The highest BCUT2D eigenvalue weighted by atomic mass is 35.5. The van der Waals surface area contributed by atoms with E-state index >= 15 is 0 Å². The zero-order chi connectivity index (χ0) is 16.9. The van der Waals surface area contributed by atoms with E-state index in [1.165, 1.54) is 23.3 Å². The van der Waals surface area contributed by atoms with Crippen LogP contribution in [0.2, 0.25) is 10.0 Å². The number of rotatable bonds is 3. The van der Waals surface area contributed by atoms with E-state index < -0.39 is 10.0 Å². The third-order valence-corrected chi connectivity index (χ3v) is 6.39. The molecule has 1 aliphatic rings. The Morgan fingerprint density at radius 3 is 2.46 bits per heavy atom. The highest BCUT2D eigenvalue weighted by Crippen LogP contribution is 2.36. The fourth-order valence-corrected chi connectivity index (χ4v) is 5.06. The molecule has 0 spiro atoms. The normalized spacial score (nSPS) is 13.4. The van der Waals surface area contributed by atoms with E-state index in [0.29, 0.717) is 10.7 Å². The maximum absolute atomic E-state index is 12.7. The van der Waals surface area contributed by atoms with E-state index in [-0.39, 0.29) is 9.92 Å². The molecule has 122 valence electrons. The van der Waals surface area contributed by atoms with Gasteiger partial charge in [-0.15, -0.1) is 0 Å². The van der Waals surface area contributed by atoms with Gasteiger partial charge in [0.05, 0.1) is 10.7 Å². The van der Waals surface area contributed by atoms with E-state index in [0.717, 1.165) is 23.6 Å². The average molecular weight is 378 g/mol. The lowest BCUT2D eigenvalue weighted by Crippen LogP contribution is -2.14. The van der Waals surface area contributed by atoms with Gasteiger partial charge < -0.3 is 0 Å². The Kier molecular flexibility index (Phi) is 3.71. The average Bonchev–Trinajstić information content (AvgIpc) is 2.97. The molecule has 3 nitrogen and oxygen atoms in total. The van der Waals surface area contributed by atoms with Crippen LogP contribution >= 0.6 is 23.2 Å². The number of sulfonamides is 1. The van der Waals surface area contributed by atoms with Crippen molar-refractivity contribution in [3.05, 3.63) is 69.7 Å². The van der Waals surface area contributed by atoms with Gasteiger partial charge in [-0.25, -0.2) is 8.42 Å². The SMILES string of the molecule is O=S(=O)(Nc1ccc2c3c(cccc13)CC2)c1cc(Cl)ccc1Cl. The van der Waals surface area contributed by atoms with Gasteiger partial charge in [0.15, 0.2) is 0 Å². The molecule has 1 N–H and O–H groups in total. The van der Waals surface area contributed by atoms with Crippen LogP contribution in [0.25, 0.3) is 10.8 Å². The van der Waals surface area contributed by atoms with Crippen molar-refractivity contribution in [1.82, 2.24) is 0 Å². The molecule has 0 bridgehead atoms. The first-order valence-corrected chi connectivity index (χ1v) is 9.71. The van der Waals surface area contributed by atoms with E-state index in [1.807, 2.05) is 24.3 Å². The van der Waals surface area contributed by atoms with Crippen LogP contribution in [0.4, 0.5) is 5.69 Å². The van der Waals surface area contributed by atoms with Gasteiger partial charge in [-0.1, -0.05) is 47.5 Å².